The summed E-state index contributed by atoms with van der Waals surface area (Å²) in [5, 5.41) is 1.17. The lowest BCUT2D eigenvalue weighted by Crippen LogP contribution is -2.34. The molecule has 1 atom stereocenters. The number of anilines is 1. The zero-order valence-electron chi connectivity index (χ0n) is 11.9. The van der Waals surface area contributed by atoms with Gasteiger partial charge in [0.1, 0.15) is 12.1 Å². The largest absolute Gasteiger partial charge is 0.354 e. The molecule has 5 heteroatoms. The molecular weight excluding hydrogens is 363 g/mol. The van der Waals surface area contributed by atoms with Crippen molar-refractivity contribution in [1.29, 1.82) is 0 Å². The van der Waals surface area contributed by atoms with E-state index in [1.165, 1.54) is 15.4 Å². The second kappa shape index (κ2) is 5.81. The number of aromatic nitrogens is 2. The summed E-state index contributed by atoms with van der Waals surface area (Å²) < 4.78 is 1.23. The summed E-state index contributed by atoms with van der Waals surface area (Å²) in [6, 6.07) is 6.99. The van der Waals surface area contributed by atoms with Gasteiger partial charge in [-0.2, -0.15) is 0 Å². The molecule has 0 aliphatic carbocycles. The van der Waals surface area contributed by atoms with Crippen LogP contribution in [-0.2, 0) is 0 Å². The van der Waals surface area contributed by atoms with E-state index in [2.05, 4.69) is 74.5 Å². The average molecular weight is 382 g/mol. The highest BCUT2D eigenvalue weighted by Gasteiger charge is 2.26. The number of hydrogen-bond acceptors (Lipinski definition) is 4. The van der Waals surface area contributed by atoms with Gasteiger partial charge in [-0.05, 0) is 60.8 Å². The molecule has 1 aliphatic heterocycles. The Hall–Kier alpha value is -0.950. The van der Waals surface area contributed by atoms with E-state index in [1.807, 2.05) is 0 Å². The van der Waals surface area contributed by atoms with Gasteiger partial charge < -0.3 is 9.80 Å². The van der Waals surface area contributed by atoms with E-state index >= 15 is 0 Å². The fraction of sp³-hybridized carbons (Fsp3) is 0.467. The molecule has 4 nitrogen and oxygen atoms in total. The summed E-state index contributed by atoms with van der Waals surface area (Å²) in [6.45, 7) is 5.44. The maximum absolute atomic E-state index is 4.54. The van der Waals surface area contributed by atoms with Crippen molar-refractivity contribution in [2.75, 3.05) is 31.6 Å². The highest BCUT2D eigenvalue weighted by Crippen LogP contribution is 2.28. The summed E-state index contributed by atoms with van der Waals surface area (Å²) >= 11 is 2.35. The summed E-state index contributed by atoms with van der Waals surface area (Å²) in [7, 11) is 2.20. The molecule has 1 aliphatic rings. The molecule has 1 aromatic heterocycles. The SMILES string of the molecule is CCN(C)C1CCN(c2ncnc3ccc(I)cc23)C1. The van der Waals surface area contributed by atoms with Crippen LogP contribution in [0.5, 0.6) is 0 Å². The molecular formula is C15H19IN4. The second-order valence-corrected chi connectivity index (χ2v) is 6.57. The van der Waals surface area contributed by atoms with E-state index in [0.717, 1.165) is 31.0 Å². The third-order valence-electron chi connectivity index (χ3n) is 4.16. The molecule has 0 saturated carbocycles. The summed E-state index contributed by atoms with van der Waals surface area (Å²) in [5.41, 5.74) is 1.03. The van der Waals surface area contributed by atoms with Gasteiger partial charge in [-0.15, -0.1) is 0 Å². The first-order valence-corrected chi connectivity index (χ1v) is 8.12. The number of rotatable bonds is 3. The molecule has 0 bridgehead atoms. The van der Waals surface area contributed by atoms with Gasteiger partial charge in [0.2, 0.25) is 0 Å². The van der Waals surface area contributed by atoms with Crippen molar-refractivity contribution in [2.24, 2.45) is 0 Å². The maximum atomic E-state index is 4.54. The van der Waals surface area contributed by atoms with E-state index in [1.54, 1.807) is 6.33 Å². The van der Waals surface area contributed by atoms with Crippen LogP contribution in [-0.4, -0.2) is 47.6 Å². The molecule has 1 saturated heterocycles. The first-order chi connectivity index (χ1) is 9.69. The van der Waals surface area contributed by atoms with Gasteiger partial charge in [0, 0.05) is 28.1 Å². The van der Waals surface area contributed by atoms with E-state index in [-0.39, 0.29) is 0 Å². The van der Waals surface area contributed by atoms with Gasteiger partial charge in [-0.1, -0.05) is 6.92 Å². The Morgan fingerprint density at radius 3 is 3.05 bits per heavy atom. The molecule has 1 unspecified atom stereocenters. The standard InChI is InChI=1S/C15H19IN4/c1-3-19(2)12-6-7-20(9-12)15-13-8-11(16)4-5-14(13)17-10-18-15/h4-5,8,10,12H,3,6-7,9H2,1-2H3. The van der Waals surface area contributed by atoms with E-state index < -0.39 is 0 Å². The van der Waals surface area contributed by atoms with Crippen molar-refractivity contribution >= 4 is 39.3 Å². The van der Waals surface area contributed by atoms with Crippen LogP contribution in [0.2, 0.25) is 0 Å². The van der Waals surface area contributed by atoms with Crippen LogP contribution in [0.1, 0.15) is 13.3 Å². The van der Waals surface area contributed by atoms with Crippen LogP contribution in [0.4, 0.5) is 5.82 Å². The predicted octanol–water partition coefficient (Wildman–Crippen LogP) is 2.76. The molecule has 2 heterocycles. The Kier molecular flexibility index (Phi) is 4.07. The zero-order valence-corrected chi connectivity index (χ0v) is 14.0. The Bertz CT molecular complexity index is 616. The lowest BCUT2D eigenvalue weighted by molar-refractivity contribution is 0.272. The average Bonchev–Trinajstić information content (AvgIpc) is 2.95. The molecule has 3 rings (SSSR count). The van der Waals surface area contributed by atoms with E-state index in [9.17, 15) is 0 Å². The zero-order chi connectivity index (χ0) is 14.1. The Balaban J connectivity index is 1.93. The minimum atomic E-state index is 0.632. The Labute approximate surface area is 133 Å². The Morgan fingerprint density at radius 1 is 1.40 bits per heavy atom. The first kappa shape index (κ1) is 14.0. The number of fused-ring (bicyclic) bond motifs is 1. The third-order valence-corrected chi connectivity index (χ3v) is 4.83. The summed E-state index contributed by atoms with van der Waals surface area (Å²) in [4.78, 5) is 13.7. The molecule has 0 radical (unpaired) electrons. The van der Waals surface area contributed by atoms with Crippen molar-refractivity contribution in [1.82, 2.24) is 14.9 Å². The fourth-order valence-corrected chi connectivity index (χ4v) is 3.31. The number of benzene rings is 1. The van der Waals surface area contributed by atoms with Crippen LogP contribution in [0, 0.1) is 3.57 Å². The normalized spacial score (nSPS) is 19.2. The molecule has 0 spiro atoms. The molecule has 106 valence electrons. The molecule has 0 amide bonds. The van der Waals surface area contributed by atoms with Crippen LogP contribution < -0.4 is 4.90 Å². The van der Waals surface area contributed by atoms with Crippen molar-refractivity contribution in [3.63, 3.8) is 0 Å². The molecule has 2 aromatic rings. The van der Waals surface area contributed by atoms with Gasteiger partial charge in [0.15, 0.2) is 0 Å². The van der Waals surface area contributed by atoms with Crippen LogP contribution in [0.3, 0.4) is 0 Å². The number of likely N-dealkylation sites (N-methyl/N-ethyl adjacent to an activating group) is 1. The smallest absolute Gasteiger partial charge is 0.139 e. The lowest BCUT2D eigenvalue weighted by atomic mass is 10.2. The third kappa shape index (κ3) is 2.61. The van der Waals surface area contributed by atoms with Gasteiger partial charge in [-0.3, -0.25) is 0 Å². The van der Waals surface area contributed by atoms with Gasteiger partial charge in [-0.25, -0.2) is 9.97 Å². The number of hydrogen-bond donors (Lipinski definition) is 0. The van der Waals surface area contributed by atoms with Gasteiger partial charge in [0.05, 0.1) is 5.52 Å². The van der Waals surface area contributed by atoms with Gasteiger partial charge >= 0.3 is 0 Å². The van der Waals surface area contributed by atoms with Crippen LogP contribution in [0.25, 0.3) is 10.9 Å². The maximum Gasteiger partial charge on any atom is 0.139 e. The number of halogens is 1. The minimum absolute atomic E-state index is 0.632. The van der Waals surface area contributed by atoms with Crippen LogP contribution in [0.15, 0.2) is 24.5 Å². The Morgan fingerprint density at radius 2 is 2.25 bits per heavy atom. The van der Waals surface area contributed by atoms with E-state index in [0.29, 0.717) is 6.04 Å². The van der Waals surface area contributed by atoms with Crippen molar-refractivity contribution in [3.8, 4) is 0 Å². The summed E-state index contributed by atoms with van der Waals surface area (Å²) in [6.07, 6.45) is 2.89. The first-order valence-electron chi connectivity index (χ1n) is 7.04. The van der Waals surface area contributed by atoms with Crippen molar-refractivity contribution in [3.05, 3.63) is 28.1 Å². The van der Waals surface area contributed by atoms with Gasteiger partial charge in [0.25, 0.3) is 0 Å². The molecule has 0 N–H and O–H groups in total. The minimum Gasteiger partial charge on any atom is -0.354 e. The number of nitrogens with zero attached hydrogens (tertiary/aromatic N) is 4. The molecule has 1 aromatic carbocycles. The summed E-state index contributed by atoms with van der Waals surface area (Å²) in [5.74, 6) is 1.08. The monoisotopic (exact) mass is 382 g/mol. The predicted molar refractivity (Wildman–Crippen MR) is 91.2 cm³/mol. The topological polar surface area (TPSA) is 32.3 Å². The highest BCUT2D eigenvalue weighted by atomic mass is 127. The quantitative estimate of drug-likeness (QED) is 0.765. The lowest BCUT2D eigenvalue weighted by Gasteiger charge is -2.24. The molecule has 1 fully saturated rings. The second-order valence-electron chi connectivity index (χ2n) is 5.32. The highest BCUT2D eigenvalue weighted by molar-refractivity contribution is 14.1. The van der Waals surface area contributed by atoms with E-state index in [4.69, 9.17) is 0 Å². The van der Waals surface area contributed by atoms with Crippen molar-refractivity contribution in [2.45, 2.75) is 19.4 Å². The molecule has 20 heavy (non-hydrogen) atoms. The van der Waals surface area contributed by atoms with Crippen LogP contribution >= 0.6 is 22.6 Å². The fourth-order valence-electron chi connectivity index (χ4n) is 2.82. The van der Waals surface area contributed by atoms with Crippen molar-refractivity contribution < 1.29 is 0 Å².